The summed E-state index contributed by atoms with van der Waals surface area (Å²) in [6.45, 7) is 10.0. The maximum atomic E-state index is 12.5. The molecule has 0 heterocycles. The molecule has 3 heteroatoms. The van der Waals surface area contributed by atoms with Gasteiger partial charge >= 0.3 is 0 Å². The van der Waals surface area contributed by atoms with Crippen molar-refractivity contribution in [2.45, 2.75) is 46.1 Å². The third-order valence-corrected chi connectivity index (χ3v) is 3.79. The number of carbonyl (C=O) groups excluding carboxylic acids is 1. The minimum atomic E-state index is -0.0602. The molecule has 0 aliphatic rings. The van der Waals surface area contributed by atoms with Crippen molar-refractivity contribution in [3.8, 4) is 0 Å². The molecule has 1 rings (SSSR count). The molecular weight excluding hydrogens is 248 g/mol. The van der Waals surface area contributed by atoms with Crippen LogP contribution in [0.4, 0.5) is 0 Å². The second-order valence-corrected chi connectivity index (χ2v) is 5.48. The number of rotatable bonds is 8. The first-order valence-electron chi connectivity index (χ1n) is 7.66. The van der Waals surface area contributed by atoms with E-state index in [1.807, 2.05) is 30.3 Å². The second-order valence-electron chi connectivity index (χ2n) is 5.48. The van der Waals surface area contributed by atoms with Gasteiger partial charge in [0.15, 0.2) is 0 Å². The topological polar surface area (TPSA) is 41.1 Å². The quantitative estimate of drug-likeness (QED) is 0.766. The average molecular weight is 276 g/mol. The third-order valence-electron chi connectivity index (χ3n) is 3.79. The van der Waals surface area contributed by atoms with Gasteiger partial charge in [-0.1, -0.05) is 57.5 Å². The van der Waals surface area contributed by atoms with Crippen molar-refractivity contribution in [3.63, 3.8) is 0 Å². The van der Waals surface area contributed by atoms with Crippen LogP contribution in [0.25, 0.3) is 0 Å². The molecule has 0 radical (unpaired) electrons. The highest BCUT2D eigenvalue weighted by Gasteiger charge is 2.25. The number of hydrogen-bond donors (Lipinski definition) is 2. The number of amides is 1. The first-order chi connectivity index (χ1) is 9.60. The number of carbonyl (C=O) groups is 1. The van der Waals surface area contributed by atoms with Gasteiger partial charge in [0.2, 0.25) is 5.91 Å². The zero-order chi connectivity index (χ0) is 15.0. The van der Waals surface area contributed by atoms with E-state index in [9.17, 15) is 4.79 Å². The van der Waals surface area contributed by atoms with Crippen molar-refractivity contribution < 1.29 is 4.79 Å². The fourth-order valence-electron chi connectivity index (χ4n) is 2.42. The molecule has 0 spiro atoms. The molecule has 0 aliphatic heterocycles. The van der Waals surface area contributed by atoms with E-state index in [2.05, 4.69) is 38.3 Å². The summed E-state index contributed by atoms with van der Waals surface area (Å²) < 4.78 is 0. The Balaban J connectivity index is 2.71. The molecular formula is C17H28N2O. The second kappa shape index (κ2) is 8.75. The Hall–Kier alpha value is -1.35. The normalized spacial score (nSPS) is 15.4. The lowest BCUT2D eigenvalue weighted by Crippen LogP contribution is -2.41. The van der Waals surface area contributed by atoms with Crippen molar-refractivity contribution >= 4 is 5.91 Å². The average Bonchev–Trinajstić information content (AvgIpc) is 2.46. The van der Waals surface area contributed by atoms with Gasteiger partial charge in [-0.3, -0.25) is 4.79 Å². The molecule has 1 amide bonds. The first kappa shape index (κ1) is 16.7. The van der Waals surface area contributed by atoms with E-state index in [0.717, 1.165) is 18.5 Å². The van der Waals surface area contributed by atoms with Crippen LogP contribution in [0.3, 0.4) is 0 Å². The molecule has 112 valence electrons. The van der Waals surface area contributed by atoms with Crippen LogP contribution < -0.4 is 10.6 Å². The van der Waals surface area contributed by atoms with Gasteiger partial charge in [-0.25, -0.2) is 0 Å². The van der Waals surface area contributed by atoms with Gasteiger partial charge in [-0.15, -0.1) is 0 Å². The van der Waals surface area contributed by atoms with Crippen molar-refractivity contribution in [2.75, 3.05) is 13.1 Å². The van der Waals surface area contributed by atoms with Crippen molar-refractivity contribution in [1.29, 1.82) is 0 Å². The lowest BCUT2D eigenvalue weighted by Gasteiger charge is -2.24. The maximum absolute atomic E-state index is 12.5. The molecule has 3 atom stereocenters. The SMILES string of the molecule is CCN[C@H](C)CNC(=O)C(c1ccccc1)C(C)CC. The van der Waals surface area contributed by atoms with Gasteiger partial charge in [0.05, 0.1) is 5.92 Å². The highest BCUT2D eigenvalue weighted by Crippen LogP contribution is 2.26. The largest absolute Gasteiger partial charge is 0.354 e. The van der Waals surface area contributed by atoms with E-state index < -0.39 is 0 Å². The highest BCUT2D eigenvalue weighted by atomic mass is 16.1. The van der Waals surface area contributed by atoms with E-state index in [1.54, 1.807) is 0 Å². The Morgan fingerprint density at radius 3 is 2.35 bits per heavy atom. The Morgan fingerprint density at radius 2 is 1.80 bits per heavy atom. The van der Waals surface area contributed by atoms with E-state index in [4.69, 9.17) is 0 Å². The van der Waals surface area contributed by atoms with Crippen molar-refractivity contribution in [3.05, 3.63) is 35.9 Å². The molecule has 1 aromatic rings. The molecule has 0 aliphatic carbocycles. The van der Waals surface area contributed by atoms with Gasteiger partial charge < -0.3 is 10.6 Å². The summed E-state index contributed by atoms with van der Waals surface area (Å²) >= 11 is 0. The predicted octanol–water partition coefficient (Wildman–Crippen LogP) is 2.93. The van der Waals surface area contributed by atoms with E-state index >= 15 is 0 Å². The van der Waals surface area contributed by atoms with Gasteiger partial charge in [-0.2, -0.15) is 0 Å². The lowest BCUT2D eigenvalue weighted by molar-refractivity contribution is -0.123. The molecule has 2 N–H and O–H groups in total. The number of nitrogens with one attached hydrogen (secondary N) is 2. The zero-order valence-electron chi connectivity index (χ0n) is 13.1. The van der Waals surface area contributed by atoms with Crippen LogP contribution in [0.2, 0.25) is 0 Å². The smallest absolute Gasteiger partial charge is 0.227 e. The molecule has 3 nitrogen and oxygen atoms in total. The van der Waals surface area contributed by atoms with E-state index in [0.29, 0.717) is 18.5 Å². The molecule has 0 fully saturated rings. The van der Waals surface area contributed by atoms with Crippen LogP contribution in [-0.2, 0) is 4.79 Å². The fourth-order valence-corrected chi connectivity index (χ4v) is 2.42. The van der Waals surface area contributed by atoms with Crippen LogP contribution in [0.5, 0.6) is 0 Å². The van der Waals surface area contributed by atoms with Crippen LogP contribution >= 0.6 is 0 Å². The predicted molar refractivity (Wildman–Crippen MR) is 84.8 cm³/mol. The summed E-state index contributed by atoms with van der Waals surface area (Å²) in [5.74, 6) is 0.414. The standard InChI is InChI=1S/C17H28N2O/c1-5-13(3)16(15-10-8-7-9-11-15)17(20)19-12-14(4)18-6-2/h7-11,13-14,16,18H,5-6,12H2,1-4H3,(H,19,20)/t13?,14-,16?/m1/s1. The van der Waals surface area contributed by atoms with Crippen molar-refractivity contribution in [2.24, 2.45) is 5.92 Å². The number of likely N-dealkylation sites (N-methyl/N-ethyl adjacent to an activating group) is 1. The summed E-state index contributed by atoms with van der Waals surface area (Å²) in [7, 11) is 0. The number of hydrogen-bond acceptors (Lipinski definition) is 2. The van der Waals surface area contributed by atoms with Gasteiger partial charge in [-0.05, 0) is 24.9 Å². The number of benzene rings is 1. The Bertz CT molecular complexity index is 391. The molecule has 0 saturated heterocycles. The summed E-state index contributed by atoms with van der Waals surface area (Å²) in [4.78, 5) is 12.5. The maximum Gasteiger partial charge on any atom is 0.227 e. The molecule has 2 unspecified atom stereocenters. The van der Waals surface area contributed by atoms with Gasteiger partial charge in [0, 0.05) is 12.6 Å². The summed E-state index contributed by atoms with van der Waals surface area (Å²) in [6.07, 6.45) is 0.996. The highest BCUT2D eigenvalue weighted by molar-refractivity contribution is 5.84. The van der Waals surface area contributed by atoms with Gasteiger partial charge in [0.1, 0.15) is 0 Å². The molecule has 20 heavy (non-hydrogen) atoms. The zero-order valence-corrected chi connectivity index (χ0v) is 13.1. The fraction of sp³-hybridized carbons (Fsp3) is 0.588. The van der Waals surface area contributed by atoms with Crippen LogP contribution in [0.15, 0.2) is 30.3 Å². The first-order valence-corrected chi connectivity index (χ1v) is 7.66. The van der Waals surface area contributed by atoms with Crippen LogP contribution in [-0.4, -0.2) is 25.0 Å². The van der Waals surface area contributed by atoms with Crippen LogP contribution in [0, 0.1) is 5.92 Å². The minimum Gasteiger partial charge on any atom is -0.354 e. The summed E-state index contributed by atoms with van der Waals surface area (Å²) in [5, 5.41) is 6.39. The van der Waals surface area contributed by atoms with E-state index in [-0.39, 0.29) is 11.8 Å². The molecule has 1 aromatic carbocycles. The summed E-state index contributed by atoms with van der Waals surface area (Å²) in [6, 6.07) is 10.4. The third kappa shape index (κ3) is 4.97. The van der Waals surface area contributed by atoms with Gasteiger partial charge in [0.25, 0.3) is 0 Å². The summed E-state index contributed by atoms with van der Waals surface area (Å²) in [5.41, 5.74) is 1.11. The molecule has 0 saturated carbocycles. The monoisotopic (exact) mass is 276 g/mol. The lowest BCUT2D eigenvalue weighted by atomic mass is 9.85. The molecule has 0 aromatic heterocycles. The van der Waals surface area contributed by atoms with E-state index in [1.165, 1.54) is 0 Å². The van der Waals surface area contributed by atoms with Crippen LogP contribution in [0.1, 0.15) is 45.6 Å². The Kier molecular flexibility index (Phi) is 7.31. The minimum absolute atomic E-state index is 0.0602. The molecule has 0 bridgehead atoms. The van der Waals surface area contributed by atoms with Crippen molar-refractivity contribution in [1.82, 2.24) is 10.6 Å². The Labute approximate surface area is 123 Å². The Morgan fingerprint density at radius 1 is 1.15 bits per heavy atom.